The third kappa shape index (κ3) is 13.7. The molecule has 4 N–H and O–H groups in total. The number of piperidine rings is 3. The molecule has 0 radical (unpaired) electrons. The highest BCUT2D eigenvalue weighted by Gasteiger charge is 2.40. The van der Waals surface area contributed by atoms with Gasteiger partial charge in [0.1, 0.15) is 28.9 Å². The van der Waals surface area contributed by atoms with Crippen LogP contribution in [0, 0.1) is 33.3 Å². The summed E-state index contributed by atoms with van der Waals surface area (Å²) in [6.45, 7) is 12.0. The Balaban J connectivity index is 0.635. The maximum Gasteiger partial charge on any atom is 0.293 e. The van der Waals surface area contributed by atoms with Crippen molar-refractivity contribution in [2.45, 2.75) is 102 Å². The molecule has 12 rings (SSSR count). The molecular formula is C67H72ClN11O10S. The largest absolute Gasteiger partial charge is 0.455 e. The third-order valence-corrected chi connectivity index (χ3v) is 20.2. The summed E-state index contributed by atoms with van der Waals surface area (Å²) in [6.07, 6.45) is 10.1. The average molecular weight is 1260 g/mol. The summed E-state index contributed by atoms with van der Waals surface area (Å²) in [6, 6.07) is 25.2. The van der Waals surface area contributed by atoms with Crippen LogP contribution in [0.25, 0.3) is 16.6 Å². The van der Waals surface area contributed by atoms with Crippen LogP contribution in [0.3, 0.4) is 0 Å². The number of anilines is 2. The Morgan fingerprint density at radius 1 is 0.889 bits per heavy atom. The van der Waals surface area contributed by atoms with Gasteiger partial charge in [0.2, 0.25) is 17.7 Å². The lowest BCUT2D eigenvalue weighted by molar-refractivity contribution is -0.384. The number of amides is 5. The number of halogens is 1. The molecule has 1 unspecified atom stereocenters. The number of imide groups is 1. The van der Waals surface area contributed by atoms with E-state index in [1.165, 1.54) is 46.0 Å². The van der Waals surface area contributed by atoms with Crippen molar-refractivity contribution >= 4 is 84.8 Å². The first-order valence-corrected chi connectivity index (χ1v) is 32.7. The number of fused-ring (bicyclic) bond motifs is 2. The lowest BCUT2D eigenvalue weighted by atomic mass is 9.72. The summed E-state index contributed by atoms with van der Waals surface area (Å²) >= 11 is 6.28. The van der Waals surface area contributed by atoms with Crippen molar-refractivity contribution in [3.8, 4) is 23.3 Å². The second-order valence-electron chi connectivity index (χ2n) is 25.1. The molecule has 6 aliphatic rings. The van der Waals surface area contributed by atoms with Crippen molar-refractivity contribution in [2.75, 3.05) is 75.7 Å². The number of carbonyl (C=O) groups excluding carboxylic acids is 5. The zero-order valence-electron chi connectivity index (χ0n) is 50.4. The average Bonchev–Trinajstić information content (AvgIpc) is 1.80. The summed E-state index contributed by atoms with van der Waals surface area (Å²) in [7, 11) is -4.65. The molecule has 5 amide bonds. The predicted molar refractivity (Wildman–Crippen MR) is 341 cm³/mol. The number of carbonyl (C=O) groups is 5. The second kappa shape index (κ2) is 26.1. The lowest BCUT2D eigenvalue weighted by Crippen LogP contribution is -2.52. The number of nitrogens with zero attached hydrogens (tertiary/aromatic N) is 7. The zero-order valence-corrected chi connectivity index (χ0v) is 52.0. The van der Waals surface area contributed by atoms with Gasteiger partial charge >= 0.3 is 0 Å². The Labute approximate surface area is 527 Å². The van der Waals surface area contributed by atoms with Crippen molar-refractivity contribution in [3.05, 3.63) is 152 Å². The number of likely N-dealkylation sites (tertiary alicyclic amines) is 2. The van der Waals surface area contributed by atoms with Crippen molar-refractivity contribution in [2.24, 2.45) is 11.3 Å². The lowest BCUT2D eigenvalue weighted by Gasteiger charge is -2.41. The van der Waals surface area contributed by atoms with Gasteiger partial charge in [-0.15, -0.1) is 0 Å². The minimum absolute atomic E-state index is 0.0233. The number of aromatic nitrogens is 2. The van der Waals surface area contributed by atoms with E-state index in [0.29, 0.717) is 71.9 Å². The standard InChI is InChI=1S/C67H72ClN11O10S/c1-67(2)25-19-47(55(38-67)45-9-11-48(68)12-10-45)41-74-31-33-76(34-32-74)50-13-15-54(60(36-50)89-51-35-46-20-26-69-63(46)71-40-51)64(82)73-90(87,88)52-14-16-57(59(37-52)79(85)86)70-39-43-21-27-75(28-22-43)49-23-29-77(30-24-49)62(81)8-4-6-44-5-3-7-53-56(44)42-78(66(53)84)58-17-18-61(80)72-65(58)83/h3,5,7,9-16,20,26,35-37,40,43,49,58,70H,8,17-19,21-25,27-34,38-39,41-42H2,1-2H3,(H,69,71)(H,73,82)(H,72,80,83). The summed E-state index contributed by atoms with van der Waals surface area (Å²) in [4.78, 5) is 94.5. The monoisotopic (exact) mass is 1260 g/mol. The van der Waals surface area contributed by atoms with Gasteiger partial charge in [-0.25, -0.2) is 18.1 Å². The quantitative estimate of drug-likeness (QED) is 0.0305. The van der Waals surface area contributed by atoms with E-state index in [9.17, 15) is 42.5 Å². The van der Waals surface area contributed by atoms with E-state index in [0.717, 1.165) is 94.8 Å². The van der Waals surface area contributed by atoms with Gasteiger partial charge in [-0.05, 0) is 153 Å². The van der Waals surface area contributed by atoms with Gasteiger partial charge in [-0.3, -0.25) is 44.3 Å². The number of ether oxygens (including phenoxy) is 1. The fourth-order valence-electron chi connectivity index (χ4n) is 13.5. The van der Waals surface area contributed by atoms with Gasteiger partial charge in [0.25, 0.3) is 27.5 Å². The van der Waals surface area contributed by atoms with Crippen LogP contribution in [0.2, 0.25) is 5.02 Å². The number of nitro benzene ring substituents is 1. The molecule has 4 saturated heterocycles. The number of piperazine rings is 1. The van der Waals surface area contributed by atoms with Crippen molar-refractivity contribution in [1.82, 2.24) is 39.6 Å². The molecule has 4 aromatic carbocycles. The van der Waals surface area contributed by atoms with E-state index in [2.05, 4.69) is 77.8 Å². The van der Waals surface area contributed by atoms with Gasteiger partial charge in [-0.1, -0.05) is 61.1 Å². The first-order chi connectivity index (χ1) is 43.3. The number of sulfonamides is 1. The summed E-state index contributed by atoms with van der Waals surface area (Å²) in [5.74, 6) is 4.58. The molecule has 1 atom stereocenters. The fourth-order valence-corrected chi connectivity index (χ4v) is 14.6. The Morgan fingerprint density at radius 2 is 1.67 bits per heavy atom. The molecule has 23 heteroatoms. The number of benzene rings is 4. The number of aromatic amines is 1. The fraction of sp³-hybridized carbons (Fsp3) is 0.403. The number of rotatable bonds is 16. The molecule has 90 heavy (non-hydrogen) atoms. The Morgan fingerprint density at radius 3 is 2.42 bits per heavy atom. The SMILES string of the molecule is CC1(C)CCC(CN2CCN(c3ccc(C(=O)NS(=O)(=O)c4ccc(NCC5CCN(C6CCN(C(=O)CC#Cc7cccc8c7CN(C7CCC(=O)NC7=O)C8=O)CC6)CC5)c([N+](=O)[O-])c4)c(Oc4cnc5[nH]ccc5c4)c3)CC2)=C(c2ccc(Cl)cc2)C1. The molecule has 0 spiro atoms. The Kier molecular flexibility index (Phi) is 17.8. The maximum absolute atomic E-state index is 14.2. The molecular weight excluding hydrogens is 1190 g/mol. The number of hydrogen-bond donors (Lipinski definition) is 4. The molecule has 1 aliphatic carbocycles. The molecule has 7 heterocycles. The van der Waals surface area contributed by atoms with Gasteiger partial charge in [0.15, 0.2) is 0 Å². The molecule has 2 aromatic heterocycles. The second-order valence-corrected chi connectivity index (χ2v) is 27.2. The molecule has 0 saturated carbocycles. The normalized spacial score (nSPS) is 19.5. The van der Waals surface area contributed by atoms with Crippen LogP contribution in [0.5, 0.6) is 11.5 Å². The smallest absolute Gasteiger partial charge is 0.293 e. The summed E-state index contributed by atoms with van der Waals surface area (Å²) in [5.41, 5.74) is 7.15. The summed E-state index contributed by atoms with van der Waals surface area (Å²) in [5, 5.41) is 19.6. The first-order valence-electron chi connectivity index (χ1n) is 30.9. The number of pyridine rings is 1. The van der Waals surface area contributed by atoms with Gasteiger partial charge in [0.05, 0.1) is 28.0 Å². The highest BCUT2D eigenvalue weighted by molar-refractivity contribution is 7.90. The van der Waals surface area contributed by atoms with Gasteiger partial charge < -0.3 is 34.6 Å². The van der Waals surface area contributed by atoms with E-state index >= 15 is 0 Å². The van der Waals surface area contributed by atoms with E-state index in [1.54, 1.807) is 42.6 Å². The van der Waals surface area contributed by atoms with Crippen molar-refractivity contribution < 1.29 is 42.1 Å². The zero-order chi connectivity index (χ0) is 62.8. The van der Waals surface area contributed by atoms with Crippen LogP contribution in [0.15, 0.2) is 114 Å². The predicted octanol–water partition coefficient (Wildman–Crippen LogP) is 9.14. The van der Waals surface area contributed by atoms with E-state index in [1.807, 2.05) is 23.1 Å². The molecule has 468 valence electrons. The Bertz CT molecular complexity index is 4020. The van der Waals surface area contributed by atoms with E-state index in [4.69, 9.17) is 16.3 Å². The van der Waals surface area contributed by atoms with Crippen LogP contribution >= 0.6 is 11.6 Å². The summed E-state index contributed by atoms with van der Waals surface area (Å²) < 4.78 is 36.6. The van der Waals surface area contributed by atoms with Crippen LogP contribution in [0.1, 0.15) is 115 Å². The maximum atomic E-state index is 14.2. The minimum Gasteiger partial charge on any atom is -0.455 e. The van der Waals surface area contributed by atoms with Crippen LogP contribution in [-0.4, -0.2) is 150 Å². The van der Waals surface area contributed by atoms with Crippen molar-refractivity contribution in [1.29, 1.82) is 0 Å². The van der Waals surface area contributed by atoms with Crippen LogP contribution < -0.4 is 25.0 Å². The highest BCUT2D eigenvalue weighted by atomic mass is 35.5. The minimum atomic E-state index is -4.65. The van der Waals surface area contributed by atoms with Gasteiger partial charge in [-0.2, -0.15) is 0 Å². The van der Waals surface area contributed by atoms with E-state index in [-0.39, 0.29) is 71.9 Å². The first kappa shape index (κ1) is 61.6. The number of allylic oxidation sites excluding steroid dienone is 1. The number of nitrogens with one attached hydrogen (secondary N) is 4. The highest BCUT2D eigenvalue weighted by Crippen LogP contribution is 2.44. The molecule has 21 nitrogen and oxygen atoms in total. The molecule has 0 bridgehead atoms. The third-order valence-electron chi connectivity index (χ3n) is 18.7. The van der Waals surface area contributed by atoms with Crippen LogP contribution in [-0.2, 0) is 31.0 Å². The molecule has 5 aliphatic heterocycles. The molecule has 6 aromatic rings. The molecule has 4 fully saturated rings. The van der Waals surface area contributed by atoms with Gasteiger partial charge in [0, 0.05) is 117 Å². The van der Waals surface area contributed by atoms with E-state index < -0.39 is 43.4 Å². The van der Waals surface area contributed by atoms with Crippen molar-refractivity contribution in [3.63, 3.8) is 0 Å². The Hall–Kier alpha value is -8.62. The number of H-pyrrole nitrogens is 1. The number of hydrogen-bond acceptors (Lipinski definition) is 15. The number of nitro groups is 1. The topological polar surface area (TPSA) is 253 Å². The van der Waals surface area contributed by atoms with Crippen LogP contribution in [0.4, 0.5) is 17.1 Å².